The Kier molecular flexibility index (Phi) is 4.31. The predicted octanol–water partition coefficient (Wildman–Crippen LogP) is 0.368. The minimum absolute atomic E-state index is 0.0114. The van der Waals surface area contributed by atoms with E-state index >= 15 is 0 Å². The molecule has 0 fully saturated rings. The molecule has 0 radical (unpaired) electrons. The molecule has 0 N–H and O–H groups in total. The Bertz CT molecular complexity index is 727. The summed E-state index contributed by atoms with van der Waals surface area (Å²) in [5.74, 6) is -0.302. The molecule has 3 rings (SSSR count). The molecule has 0 saturated carbocycles. The van der Waals surface area contributed by atoms with Crippen LogP contribution in [0.4, 0.5) is 5.69 Å². The number of ether oxygens (including phenoxy) is 1. The molecule has 8 heteroatoms. The molecule has 1 aromatic carbocycles. The largest absolute Gasteiger partial charge is 0.469 e. The first-order chi connectivity index (χ1) is 11.2. The molecule has 0 aliphatic carbocycles. The molecule has 1 amide bonds. The van der Waals surface area contributed by atoms with Crippen molar-refractivity contribution in [2.24, 2.45) is 0 Å². The maximum absolute atomic E-state index is 12.5. The SMILES string of the molecule is COC(=O)Cc1nnn(CC(=O)N2CCCc3ccccc32)n1. The van der Waals surface area contributed by atoms with E-state index in [-0.39, 0.29) is 24.7 Å². The fourth-order valence-corrected chi connectivity index (χ4v) is 2.61. The second kappa shape index (κ2) is 6.55. The fourth-order valence-electron chi connectivity index (χ4n) is 2.61. The van der Waals surface area contributed by atoms with Crippen molar-refractivity contribution in [3.05, 3.63) is 35.7 Å². The minimum atomic E-state index is -0.444. The lowest BCUT2D eigenvalue weighted by molar-refractivity contribution is -0.139. The van der Waals surface area contributed by atoms with E-state index in [1.54, 1.807) is 4.90 Å². The van der Waals surface area contributed by atoms with Crippen LogP contribution >= 0.6 is 0 Å². The van der Waals surface area contributed by atoms with Crippen molar-refractivity contribution < 1.29 is 14.3 Å². The highest BCUT2D eigenvalue weighted by atomic mass is 16.5. The van der Waals surface area contributed by atoms with Gasteiger partial charge in [-0.2, -0.15) is 4.80 Å². The average Bonchev–Trinajstić information content (AvgIpc) is 3.01. The minimum Gasteiger partial charge on any atom is -0.469 e. The summed E-state index contributed by atoms with van der Waals surface area (Å²) >= 11 is 0. The predicted molar refractivity (Wildman–Crippen MR) is 80.7 cm³/mol. The zero-order chi connectivity index (χ0) is 16.2. The van der Waals surface area contributed by atoms with Gasteiger partial charge in [-0.05, 0) is 29.7 Å². The summed E-state index contributed by atoms with van der Waals surface area (Å²) < 4.78 is 4.55. The van der Waals surface area contributed by atoms with Crippen LogP contribution in [0.2, 0.25) is 0 Å². The van der Waals surface area contributed by atoms with E-state index in [2.05, 4.69) is 20.1 Å². The zero-order valence-corrected chi connectivity index (χ0v) is 12.8. The number of tetrazole rings is 1. The molecule has 0 saturated heterocycles. The third-order valence-corrected chi connectivity index (χ3v) is 3.71. The highest BCUT2D eigenvalue weighted by molar-refractivity contribution is 5.94. The van der Waals surface area contributed by atoms with Gasteiger partial charge in [0.25, 0.3) is 5.91 Å². The van der Waals surface area contributed by atoms with Gasteiger partial charge in [0.15, 0.2) is 5.82 Å². The number of benzene rings is 1. The number of hydrogen-bond acceptors (Lipinski definition) is 6. The molecule has 8 nitrogen and oxygen atoms in total. The Morgan fingerprint density at radius 3 is 2.96 bits per heavy atom. The van der Waals surface area contributed by atoms with Gasteiger partial charge in [0, 0.05) is 12.2 Å². The molecule has 1 aliphatic heterocycles. The van der Waals surface area contributed by atoms with E-state index in [0.717, 1.165) is 18.5 Å². The molecule has 0 spiro atoms. The van der Waals surface area contributed by atoms with Crippen molar-refractivity contribution in [2.45, 2.75) is 25.8 Å². The Labute approximate surface area is 133 Å². The molecule has 2 heterocycles. The first-order valence-electron chi connectivity index (χ1n) is 7.39. The number of hydrogen-bond donors (Lipinski definition) is 0. The summed E-state index contributed by atoms with van der Waals surface area (Å²) in [5.41, 5.74) is 2.11. The van der Waals surface area contributed by atoms with Crippen molar-refractivity contribution in [1.82, 2.24) is 20.2 Å². The molecule has 0 bridgehead atoms. The first kappa shape index (κ1) is 15.1. The van der Waals surface area contributed by atoms with Gasteiger partial charge in [0.1, 0.15) is 13.0 Å². The Morgan fingerprint density at radius 2 is 2.13 bits per heavy atom. The lowest BCUT2D eigenvalue weighted by Gasteiger charge is -2.29. The van der Waals surface area contributed by atoms with Gasteiger partial charge in [-0.3, -0.25) is 9.59 Å². The van der Waals surface area contributed by atoms with Gasteiger partial charge in [-0.15, -0.1) is 10.2 Å². The number of anilines is 1. The number of aryl methyl sites for hydroxylation is 1. The van der Waals surface area contributed by atoms with Crippen LogP contribution in [0.5, 0.6) is 0 Å². The number of aromatic nitrogens is 4. The fraction of sp³-hybridized carbons (Fsp3) is 0.400. The van der Waals surface area contributed by atoms with E-state index < -0.39 is 5.97 Å². The second-order valence-corrected chi connectivity index (χ2v) is 5.27. The van der Waals surface area contributed by atoms with Crippen LogP contribution in [-0.2, 0) is 33.7 Å². The van der Waals surface area contributed by atoms with Crippen LogP contribution in [0.3, 0.4) is 0 Å². The van der Waals surface area contributed by atoms with Crippen LogP contribution in [-0.4, -0.2) is 45.7 Å². The van der Waals surface area contributed by atoms with Crippen molar-refractivity contribution >= 4 is 17.6 Å². The Balaban J connectivity index is 1.69. The zero-order valence-electron chi connectivity index (χ0n) is 12.8. The molecule has 0 unspecified atom stereocenters. The molecule has 1 aromatic heterocycles. The van der Waals surface area contributed by atoms with Gasteiger partial charge in [0.05, 0.1) is 7.11 Å². The van der Waals surface area contributed by atoms with Crippen molar-refractivity contribution in [2.75, 3.05) is 18.6 Å². The molecular weight excluding hydrogens is 298 g/mol. The number of rotatable bonds is 4. The van der Waals surface area contributed by atoms with E-state index in [1.807, 2.05) is 24.3 Å². The van der Waals surface area contributed by atoms with Crippen molar-refractivity contribution in [3.63, 3.8) is 0 Å². The smallest absolute Gasteiger partial charge is 0.313 e. The summed E-state index contributed by atoms with van der Waals surface area (Å²) in [6, 6.07) is 7.89. The van der Waals surface area contributed by atoms with Gasteiger partial charge < -0.3 is 9.64 Å². The van der Waals surface area contributed by atoms with Crippen LogP contribution < -0.4 is 4.90 Å². The second-order valence-electron chi connectivity index (χ2n) is 5.27. The number of nitrogens with zero attached hydrogens (tertiary/aromatic N) is 5. The van der Waals surface area contributed by atoms with Crippen LogP contribution in [0.15, 0.2) is 24.3 Å². The number of amides is 1. The van der Waals surface area contributed by atoms with Crippen LogP contribution in [0.1, 0.15) is 17.8 Å². The van der Waals surface area contributed by atoms with E-state index in [0.29, 0.717) is 6.54 Å². The standard InChI is InChI=1S/C15H17N5O3/c1-23-15(22)9-13-16-18-20(17-13)10-14(21)19-8-4-6-11-5-2-3-7-12(11)19/h2-3,5,7H,4,6,8-10H2,1H3. The molecular formula is C15H17N5O3. The normalized spacial score (nSPS) is 13.5. The molecule has 120 valence electrons. The summed E-state index contributed by atoms with van der Waals surface area (Å²) in [7, 11) is 1.30. The maximum Gasteiger partial charge on any atom is 0.313 e. The van der Waals surface area contributed by atoms with Gasteiger partial charge in [0.2, 0.25) is 0 Å². The molecule has 2 aromatic rings. The number of methoxy groups -OCH3 is 1. The molecule has 0 atom stereocenters. The summed E-state index contributed by atoms with van der Waals surface area (Å²) in [5, 5.41) is 11.6. The van der Waals surface area contributed by atoms with E-state index in [4.69, 9.17) is 0 Å². The van der Waals surface area contributed by atoms with Gasteiger partial charge >= 0.3 is 5.97 Å². The first-order valence-corrected chi connectivity index (χ1v) is 7.39. The monoisotopic (exact) mass is 315 g/mol. The number of fused-ring (bicyclic) bond motifs is 1. The van der Waals surface area contributed by atoms with Gasteiger partial charge in [-0.1, -0.05) is 18.2 Å². The Morgan fingerprint density at radius 1 is 1.30 bits per heavy atom. The third kappa shape index (κ3) is 3.36. The number of esters is 1. The lowest BCUT2D eigenvalue weighted by atomic mass is 10.0. The summed E-state index contributed by atoms with van der Waals surface area (Å²) in [4.78, 5) is 26.7. The van der Waals surface area contributed by atoms with Crippen molar-refractivity contribution in [1.29, 1.82) is 0 Å². The highest BCUT2D eigenvalue weighted by Crippen LogP contribution is 2.26. The van der Waals surface area contributed by atoms with E-state index in [9.17, 15) is 9.59 Å². The van der Waals surface area contributed by atoms with Crippen molar-refractivity contribution in [3.8, 4) is 0 Å². The topological polar surface area (TPSA) is 90.2 Å². The average molecular weight is 315 g/mol. The molecule has 1 aliphatic rings. The Hall–Kier alpha value is -2.77. The van der Waals surface area contributed by atoms with E-state index in [1.165, 1.54) is 17.5 Å². The maximum atomic E-state index is 12.5. The van der Waals surface area contributed by atoms with Crippen LogP contribution in [0.25, 0.3) is 0 Å². The number of carbonyl (C=O) groups excluding carboxylic acids is 2. The van der Waals surface area contributed by atoms with Crippen LogP contribution in [0, 0.1) is 0 Å². The van der Waals surface area contributed by atoms with Gasteiger partial charge in [-0.25, -0.2) is 0 Å². The lowest BCUT2D eigenvalue weighted by Crippen LogP contribution is -2.38. The number of carbonyl (C=O) groups is 2. The quantitative estimate of drug-likeness (QED) is 0.757. The highest BCUT2D eigenvalue weighted by Gasteiger charge is 2.23. The summed E-state index contributed by atoms with van der Waals surface area (Å²) in [6.45, 7) is 0.669. The molecule has 23 heavy (non-hydrogen) atoms. The number of para-hydroxylation sites is 1. The third-order valence-electron chi connectivity index (χ3n) is 3.71. The summed E-state index contributed by atoms with van der Waals surface area (Å²) in [6.07, 6.45) is 1.85.